The molecular weight excluding hydrogens is 463 g/mol. The second kappa shape index (κ2) is 11.0. The van der Waals surface area contributed by atoms with Crippen molar-refractivity contribution in [2.45, 2.75) is 33.1 Å². The Kier molecular flexibility index (Phi) is 8.69. The first kappa shape index (κ1) is 22.1. The SMILES string of the molecule is CCNC(=NCC(C)c1ccc(C)cc1)NCCc1nnc2ccccn12.I. The monoisotopic (exact) mass is 492 g/mol. The molecule has 0 bridgehead atoms. The van der Waals surface area contributed by atoms with Crippen molar-refractivity contribution in [3.63, 3.8) is 0 Å². The molecule has 0 saturated carbocycles. The predicted octanol–water partition coefficient (Wildman–Crippen LogP) is 3.56. The van der Waals surface area contributed by atoms with Gasteiger partial charge in [-0.2, -0.15) is 0 Å². The molecule has 0 aliphatic heterocycles. The molecule has 28 heavy (non-hydrogen) atoms. The molecule has 0 aliphatic carbocycles. The van der Waals surface area contributed by atoms with Crippen LogP contribution in [0, 0.1) is 6.92 Å². The average Bonchev–Trinajstić information content (AvgIpc) is 3.09. The quantitative estimate of drug-likeness (QED) is 0.301. The van der Waals surface area contributed by atoms with Gasteiger partial charge in [-0.15, -0.1) is 34.2 Å². The van der Waals surface area contributed by atoms with E-state index in [9.17, 15) is 0 Å². The highest BCUT2D eigenvalue weighted by molar-refractivity contribution is 14.0. The molecule has 0 amide bonds. The second-order valence-corrected chi connectivity index (χ2v) is 6.75. The van der Waals surface area contributed by atoms with Gasteiger partial charge in [-0.3, -0.25) is 9.39 Å². The minimum Gasteiger partial charge on any atom is -0.357 e. The van der Waals surface area contributed by atoms with Crippen LogP contribution < -0.4 is 10.6 Å². The first-order chi connectivity index (χ1) is 13.2. The van der Waals surface area contributed by atoms with E-state index >= 15 is 0 Å². The summed E-state index contributed by atoms with van der Waals surface area (Å²) < 4.78 is 2.02. The Hall–Kier alpha value is -2.16. The van der Waals surface area contributed by atoms with E-state index in [0.29, 0.717) is 5.92 Å². The summed E-state index contributed by atoms with van der Waals surface area (Å²) in [7, 11) is 0. The first-order valence-corrected chi connectivity index (χ1v) is 9.54. The Balaban J connectivity index is 0.00000280. The van der Waals surface area contributed by atoms with E-state index in [4.69, 9.17) is 4.99 Å². The number of fused-ring (bicyclic) bond motifs is 1. The molecule has 1 unspecified atom stereocenters. The fourth-order valence-corrected chi connectivity index (χ4v) is 2.92. The van der Waals surface area contributed by atoms with Crippen molar-refractivity contribution in [3.8, 4) is 0 Å². The van der Waals surface area contributed by atoms with Crippen LogP contribution in [-0.4, -0.2) is 40.2 Å². The molecule has 3 rings (SSSR count). The Bertz CT molecular complexity index is 887. The van der Waals surface area contributed by atoms with E-state index in [1.807, 2.05) is 28.8 Å². The molecule has 0 saturated heterocycles. The summed E-state index contributed by atoms with van der Waals surface area (Å²) in [6.07, 6.45) is 2.77. The fraction of sp³-hybridized carbons (Fsp3) is 0.381. The Morgan fingerprint density at radius 1 is 1.11 bits per heavy atom. The summed E-state index contributed by atoms with van der Waals surface area (Å²) >= 11 is 0. The first-order valence-electron chi connectivity index (χ1n) is 9.54. The smallest absolute Gasteiger partial charge is 0.191 e. The number of nitrogens with zero attached hydrogens (tertiary/aromatic N) is 4. The van der Waals surface area contributed by atoms with Crippen LogP contribution >= 0.6 is 24.0 Å². The van der Waals surface area contributed by atoms with E-state index < -0.39 is 0 Å². The molecule has 1 atom stereocenters. The molecular formula is C21H29IN6. The lowest BCUT2D eigenvalue weighted by Gasteiger charge is -2.14. The van der Waals surface area contributed by atoms with Gasteiger partial charge in [0.05, 0.1) is 0 Å². The number of halogens is 1. The summed E-state index contributed by atoms with van der Waals surface area (Å²) in [4.78, 5) is 4.74. The van der Waals surface area contributed by atoms with E-state index in [1.54, 1.807) is 0 Å². The molecule has 7 heteroatoms. The van der Waals surface area contributed by atoms with Gasteiger partial charge in [0.25, 0.3) is 0 Å². The van der Waals surface area contributed by atoms with Crippen LogP contribution in [-0.2, 0) is 6.42 Å². The molecule has 0 radical (unpaired) electrons. The largest absolute Gasteiger partial charge is 0.357 e. The number of aromatic nitrogens is 3. The molecule has 150 valence electrons. The van der Waals surface area contributed by atoms with E-state index in [1.165, 1.54) is 11.1 Å². The van der Waals surface area contributed by atoms with Gasteiger partial charge in [-0.05, 0) is 31.5 Å². The van der Waals surface area contributed by atoms with Crippen molar-refractivity contribution in [3.05, 3.63) is 65.6 Å². The minimum atomic E-state index is 0. The maximum atomic E-state index is 4.74. The summed E-state index contributed by atoms with van der Waals surface area (Å²) in [5.74, 6) is 2.16. The molecule has 0 aliphatic rings. The zero-order valence-corrected chi connectivity index (χ0v) is 19.1. The van der Waals surface area contributed by atoms with Crippen LogP contribution in [0.3, 0.4) is 0 Å². The number of benzene rings is 1. The fourth-order valence-electron chi connectivity index (χ4n) is 2.92. The lowest BCUT2D eigenvalue weighted by atomic mass is 10.0. The van der Waals surface area contributed by atoms with Crippen LogP contribution in [0.5, 0.6) is 0 Å². The number of hydrogen-bond donors (Lipinski definition) is 2. The minimum absolute atomic E-state index is 0. The van der Waals surface area contributed by atoms with Crippen molar-refractivity contribution in [2.24, 2.45) is 4.99 Å². The number of nitrogens with one attached hydrogen (secondary N) is 2. The molecule has 2 N–H and O–H groups in total. The van der Waals surface area contributed by atoms with Crippen molar-refractivity contribution < 1.29 is 0 Å². The maximum absolute atomic E-state index is 4.74. The zero-order chi connectivity index (χ0) is 19.1. The number of aliphatic imine (C=N–C) groups is 1. The van der Waals surface area contributed by atoms with Gasteiger partial charge >= 0.3 is 0 Å². The van der Waals surface area contributed by atoms with Gasteiger partial charge in [0.15, 0.2) is 11.6 Å². The van der Waals surface area contributed by atoms with Crippen molar-refractivity contribution in [2.75, 3.05) is 19.6 Å². The lowest BCUT2D eigenvalue weighted by molar-refractivity contribution is 0.735. The summed E-state index contributed by atoms with van der Waals surface area (Å²) in [6, 6.07) is 14.6. The second-order valence-electron chi connectivity index (χ2n) is 6.75. The number of guanidine groups is 1. The number of rotatable bonds is 7. The van der Waals surface area contributed by atoms with E-state index in [-0.39, 0.29) is 24.0 Å². The summed E-state index contributed by atoms with van der Waals surface area (Å²) in [5.41, 5.74) is 3.47. The maximum Gasteiger partial charge on any atom is 0.191 e. The van der Waals surface area contributed by atoms with E-state index in [0.717, 1.165) is 43.5 Å². The van der Waals surface area contributed by atoms with Gasteiger partial charge in [-0.25, -0.2) is 0 Å². The van der Waals surface area contributed by atoms with E-state index in [2.05, 4.69) is 65.9 Å². The Morgan fingerprint density at radius 3 is 2.64 bits per heavy atom. The molecule has 1 aromatic carbocycles. The molecule has 0 fully saturated rings. The Morgan fingerprint density at radius 2 is 1.89 bits per heavy atom. The molecule has 6 nitrogen and oxygen atoms in total. The number of aryl methyl sites for hydroxylation is 1. The van der Waals surface area contributed by atoms with Crippen molar-refractivity contribution >= 4 is 35.6 Å². The highest BCUT2D eigenvalue weighted by Gasteiger charge is 2.07. The normalized spacial score (nSPS) is 12.5. The van der Waals surface area contributed by atoms with Crippen LogP contribution in [0.1, 0.15) is 36.7 Å². The zero-order valence-electron chi connectivity index (χ0n) is 16.7. The summed E-state index contributed by atoms with van der Waals surface area (Å²) in [6.45, 7) is 8.72. The number of hydrogen-bond acceptors (Lipinski definition) is 3. The van der Waals surface area contributed by atoms with Gasteiger partial charge < -0.3 is 10.6 Å². The topological polar surface area (TPSA) is 66.6 Å². The van der Waals surface area contributed by atoms with Crippen LogP contribution in [0.25, 0.3) is 5.65 Å². The average molecular weight is 492 g/mol. The van der Waals surface area contributed by atoms with Crippen LogP contribution in [0.4, 0.5) is 0 Å². The molecule has 2 heterocycles. The standard InChI is InChI=1S/C21H28N6.HI/c1-4-22-21(24-15-17(3)18-10-8-16(2)9-11-18)23-13-12-20-26-25-19-7-5-6-14-27(19)20;/h5-11,14,17H,4,12-13,15H2,1-3H3,(H2,22,23,24);1H. The van der Waals surface area contributed by atoms with Crippen LogP contribution in [0.2, 0.25) is 0 Å². The van der Waals surface area contributed by atoms with Crippen molar-refractivity contribution in [1.29, 1.82) is 0 Å². The van der Waals surface area contributed by atoms with Gasteiger partial charge in [-0.1, -0.05) is 42.8 Å². The highest BCUT2D eigenvalue weighted by atomic mass is 127. The van der Waals surface area contributed by atoms with Gasteiger partial charge in [0.1, 0.15) is 5.82 Å². The third-order valence-electron chi connectivity index (χ3n) is 4.54. The molecule has 2 aromatic heterocycles. The Labute approximate surface area is 183 Å². The van der Waals surface area contributed by atoms with Gasteiger partial charge in [0.2, 0.25) is 0 Å². The number of pyridine rings is 1. The van der Waals surface area contributed by atoms with Crippen molar-refractivity contribution in [1.82, 2.24) is 25.2 Å². The lowest BCUT2D eigenvalue weighted by Crippen LogP contribution is -2.38. The molecule has 3 aromatic rings. The predicted molar refractivity (Wildman–Crippen MR) is 126 cm³/mol. The van der Waals surface area contributed by atoms with Gasteiger partial charge in [0, 0.05) is 38.2 Å². The highest BCUT2D eigenvalue weighted by Crippen LogP contribution is 2.15. The van der Waals surface area contributed by atoms with Crippen LogP contribution in [0.15, 0.2) is 53.7 Å². The summed E-state index contributed by atoms with van der Waals surface area (Å²) in [5, 5.41) is 15.2. The molecule has 0 spiro atoms. The third-order valence-corrected chi connectivity index (χ3v) is 4.54. The third kappa shape index (κ3) is 5.92.